The first-order valence-electron chi connectivity index (χ1n) is 9.15. The van der Waals surface area contributed by atoms with Gasteiger partial charge >= 0.3 is 5.97 Å². The minimum Gasteiger partial charge on any atom is -0.465 e. The number of imidazole rings is 1. The van der Waals surface area contributed by atoms with Crippen LogP contribution in [-0.2, 0) is 4.74 Å². The normalized spacial score (nSPS) is 10.8. The third-order valence-corrected chi connectivity index (χ3v) is 4.18. The van der Waals surface area contributed by atoms with Gasteiger partial charge < -0.3 is 15.4 Å². The van der Waals surface area contributed by atoms with Crippen molar-refractivity contribution in [1.29, 1.82) is 0 Å². The first kappa shape index (κ1) is 20.1. The topological polar surface area (TPSA) is 102 Å². The average Bonchev–Trinajstić information content (AvgIpc) is 3.11. The predicted molar refractivity (Wildman–Crippen MR) is 108 cm³/mol. The largest absolute Gasteiger partial charge is 0.465 e. The van der Waals surface area contributed by atoms with Crippen LogP contribution in [0.15, 0.2) is 48.7 Å². The van der Waals surface area contributed by atoms with E-state index in [0.29, 0.717) is 23.3 Å². The van der Waals surface area contributed by atoms with Crippen LogP contribution in [0.5, 0.6) is 0 Å². The van der Waals surface area contributed by atoms with Gasteiger partial charge in [-0.15, -0.1) is 0 Å². The number of nitrogens with zero attached hydrogens (tertiary/aromatic N) is 2. The van der Waals surface area contributed by atoms with Gasteiger partial charge in [-0.2, -0.15) is 0 Å². The Bertz CT molecular complexity index is 1070. The monoisotopic (exact) mass is 394 g/mol. The number of benzene rings is 1. The van der Waals surface area contributed by atoms with Crippen molar-refractivity contribution in [3.8, 4) is 0 Å². The summed E-state index contributed by atoms with van der Waals surface area (Å²) >= 11 is 0. The van der Waals surface area contributed by atoms with Gasteiger partial charge in [0.2, 0.25) is 5.82 Å². The molecular formula is C21H22N4O4. The molecule has 0 bridgehead atoms. The molecule has 0 saturated carbocycles. The highest BCUT2D eigenvalue weighted by Gasteiger charge is 2.21. The van der Waals surface area contributed by atoms with E-state index in [0.717, 1.165) is 0 Å². The highest BCUT2D eigenvalue weighted by molar-refractivity contribution is 6.09. The summed E-state index contributed by atoms with van der Waals surface area (Å²) in [6.45, 7) is 4.49. The molecule has 0 spiro atoms. The molecule has 8 nitrogen and oxygen atoms in total. The highest BCUT2D eigenvalue weighted by Crippen LogP contribution is 2.17. The Hall–Kier alpha value is -3.68. The Morgan fingerprint density at radius 2 is 1.90 bits per heavy atom. The number of nitrogens with one attached hydrogen (secondary N) is 2. The number of fused-ring (bicyclic) bond motifs is 1. The number of carbonyl (C=O) groups excluding carboxylic acids is 3. The smallest absolute Gasteiger partial charge is 0.337 e. The third kappa shape index (κ3) is 4.43. The second-order valence-corrected chi connectivity index (χ2v) is 6.87. The highest BCUT2D eigenvalue weighted by atomic mass is 16.5. The van der Waals surface area contributed by atoms with E-state index in [1.165, 1.54) is 13.2 Å². The van der Waals surface area contributed by atoms with E-state index in [-0.39, 0.29) is 23.3 Å². The number of aromatic nitrogens is 2. The molecule has 3 rings (SSSR count). The molecule has 0 unspecified atom stereocenters. The Morgan fingerprint density at radius 3 is 2.62 bits per heavy atom. The first-order valence-corrected chi connectivity index (χ1v) is 9.15. The first-order chi connectivity index (χ1) is 13.9. The standard InChI is InChI=1S/C21H22N4O4/c1-13(2)12-22-20(27)18-24-17(16-9-4-5-10-25(16)18)19(26)23-15-8-6-7-14(11-15)21(28)29-3/h4-11,13H,12H2,1-3H3,(H,22,27)(H,23,26). The lowest BCUT2D eigenvalue weighted by Gasteiger charge is -2.06. The molecule has 0 atom stereocenters. The number of hydrogen-bond acceptors (Lipinski definition) is 5. The fourth-order valence-corrected chi connectivity index (χ4v) is 2.77. The maximum Gasteiger partial charge on any atom is 0.337 e. The lowest BCUT2D eigenvalue weighted by atomic mass is 10.2. The number of anilines is 1. The van der Waals surface area contributed by atoms with Gasteiger partial charge in [0.1, 0.15) is 0 Å². The summed E-state index contributed by atoms with van der Waals surface area (Å²) in [6.07, 6.45) is 1.68. The summed E-state index contributed by atoms with van der Waals surface area (Å²) in [4.78, 5) is 41.4. The summed E-state index contributed by atoms with van der Waals surface area (Å²) in [7, 11) is 1.29. The van der Waals surface area contributed by atoms with E-state index in [9.17, 15) is 14.4 Å². The lowest BCUT2D eigenvalue weighted by Crippen LogP contribution is -2.29. The number of rotatable bonds is 6. The quantitative estimate of drug-likeness (QED) is 0.626. The number of pyridine rings is 1. The molecule has 150 valence electrons. The van der Waals surface area contributed by atoms with Crippen molar-refractivity contribution in [3.63, 3.8) is 0 Å². The molecule has 29 heavy (non-hydrogen) atoms. The number of ether oxygens (including phenoxy) is 1. The summed E-state index contributed by atoms with van der Waals surface area (Å²) in [5.41, 5.74) is 1.35. The fourth-order valence-electron chi connectivity index (χ4n) is 2.77. The van der Waals surface area contributed by atoms with Gasteiger partial charge in [-0.25, -0.2) is 9.78 Å². The van der Waals surface area contributed by atoms with Crippen molar-refractivity contribution in [2.45, 2.75) is 13.8 Å². The second-order valence-electron chi connectivity index (χ2n) is 6.87. The lowest BCUT2D eigenvalue weighted by molar-refractivity contribution is 0.0600. The van der Waals surface area contributed by atoms with Crippen LogP contribution in [0.25, 0.3) is 5.52 Å². The van der Waals surface area contributed by atoms with Crippen LogP contribution < -0.4 is 10.6 Å². The van der Waals surface area contributed by atoms with Crippen molar-refractivity contribution in [2.75, 3.05) is 19.0 Å². The zero-order valence-electron chi connectivity index (χ0n) is 16.4. The van der Waals surface area contributed by atoms with Crippen LogP contribution in [-0.4, -0.2) is 40.8 Å². The van der Waals surface area contributed by atoms with E-state index in [2.05, 4.69) is 15.6 Å². The maximum absolute atomic E-state index is 12.8. The van der Waals surface area contributed by atoms with Crippen molar-refractivity contribution >= 4 is 29.0 Å². The van der Waals surface area contributed by atoms with E-state index >= 15 is 0 Å². The molecule has 2 N–H and O–H groups in total. The minimum absolute atomic E-state index is 0.115. The van der Waals surface area contributed by atoms with Gasteiger partial charge in [-0.05, 0) is 36.2 Å². The summed E-state index contributed by atoms with van der Waals surface area (Å²) in [5, 5.41) is 5.53. The predicted octanol–water partition coefficient (Wildman–Crippen LogP) is 2.76. The number of methoxy groups -OCH3 is 1. The van der Waals surface area contributed by atoms with Gasteiger partial charge in [-0.3, -0.25) is 14.0 Å². The number of amides is 2. The molecule has 0 aliphatic rings. The van der Waals surface area contributed by atoms with Crippen molar-refractivity contribution in [1.82, 2.24) is 14.7 Å². The van der Waals surface area contributed by atoms with E-state index in [1.807, 2.05) is 13.8 Å². The fraction of sp³-hybridized carbons (Fsp3) is 0.238. The zero-order chi connectivity index (χ0) is 21.0. The molecule has 8 heteroatoms. The van der Waals surface area contributed by atoms with E-state index < -0.39 is 11.9 Å². The van der Waals surface area contributed by atoms with Crippen molar-refractivity contribution in [2.24, 2.45) is 5.92 Å². The number of hydrogen-bond donors (Lipinski definition) is 2. The molecule has 2 aromatic heterocycles. The van der Waals surface area contributed by atoms with Gasteiger partial charge in [-0.1, -0.05) is 26.0 Å². The third-order valence-electron chi connectivity index (χ3n) is 4.18. The van der Waals surface area contributed by atoms with Crippen molar-refractivity contribution < 1.29 is 19.1 Å². The molecule has 1 aromatic carbocycles. The maximum atomic E-state index is 12.8. The van der Waals surface area contributed by atoms with Crippen LogP contribution in [0.1, 0.15) is 45.3 Å². The molecule has 0 aliphatic heterocycles. The van der Waals surface area contributed by atoms with Crippen LogP contribution in [0.3, 0.4) is 0 Å². The van der Waals surface area contributed by atoms with Gasteiger partial charge in [0.25, 0.3) is 11.8 Å². The molecule has 0 radical (unpaired) electrons. The van der Waals surface area contributed by atoms with Crippen LogP contribution in [0.2, 0.25) is 0 Å². The zero-order valence-corrected chi connectivity index (χ0v) is 16.4. The molecular weight excluding hydrogens is 372 g/mol. The van der Waals surface area contributed by atoms with Gasteiger partial charge in [0, 0.05) is 18.4 Å². The van der Waals surface area contributed by atoms with Crippen molar-refractivity contribution in [3.05, 3.63) is 65.7 Å². The summed E-state index contributed by atoms with van der Waals surface area (Å²) in [6, 6.07) is 11.6. The Balaban J connectivity index is 1.90. The molecule has 3 aromatic rings. The van der Waals surface area contributed by atoms with Gasteiger partial charge in [0.15, 0.2) is 5.69 Å². The van der Waals surface area contributed by atoms with E-state index in [1.54, 1.807) is 47.0 Å². The van der Waals surface area contributed by atoms with E-state index in [4.69, 9.17) is 4.74 Å². The molecule has 2 amide bonds. The molecule has 2 heterocycles. The number of esters is 1. The van der Waals surface area contributed by atoms with Crippen LogP contribution in [0, 0.1) is 5.92 Å². The molecule has 0 saturated heterocycles. The Labute approximate surface area is 167 Å². The minimum atomic E-state index is -0.502. The number of carbonyl (C=O) groups is 3. The van der Waals surface area contributed by atoms with Gasteiger partial charge in [0.05, 0.1) is 18.2 Å². The Morgan fingerprint density at radius 1 is 1.10 bits per heavy atom. The summed E-state index contributed by atoms with van der Waals surface area (Å²) in [5.74, 6) is -0.923. The molecule has 0 aliphatic carbocycles. The molecule has 0 fully saturated rings. The second kappa shape index (κ2) is 8.55. The van der Waals surface area contributed by atoms with Crippen LogP contribution >= 0.6 is 0 Å². The Kier molecular flexibility index (Phi) is 5.92. The summed E-state index contributed by atoms with van der Waals surface area (Å²) < 4.78 is 6.27. The average molecular weight is 394 g/mol. The van der Waals surface area contributed by atoms with Crippen LogP contribution in [0.4, 0.5) is 5.69 Å². The SMILES string of the molecule is COC(=O)c1cccc(NC(=O)c2nc(C(=O)NCC(C)C)n3ccccc23)c1.